The normalized spacial score (nSPS) is 23.8. The summed E-state index contributed by atoms with van der Waals surface area (Å²) in [5, 5.41) is 9.43. The number of halogens is 3. The number of hydrogen-bond donors (Lipinski definition) is 1. The quantitative estimate of drug-likeness (QED) is 0.898. The van der Waals surface area contributed by atoms with Crippen LogP contribution in [0.3, 0.4) is 0 Å². The number of hydrogen-bond acceptors (Lipinski definition) is 4. The van der Waals surface area contributed by atoms with Crippen molar-refractivity contribution in [2.24, 2.45) is 0 Å². The van der Waals surface area contributed by atoms with Gasteiger partial charge in [0, 0.05) is 38.3 Å². The highest BCUT2D eigenvalue weighted by Crippen LogP contribution is 2.31. The number of rotatable bonds is 4. The average Bonchev–Trinajstić information content (AvgIpc) is 2.62. The molecule has 1 N–H and O–H groups in total. The van der Waals surface area contributed by atoms with E-state index in [1.807, 2.05) is 4.90 Å². The fourth-order valence-corrected chi connectivity index (χ4v) is 4.13. The molecule has 0 aromatic carbocycles. The van der Waals surface area contributed by atoms with Crippen LogP contribution < -0.4 is 4.90 Å². The van der Waals surface area contributed by atoms with Crippen molar-refractivity contribution in [3.8, 4) is 0 Å². The summed E-state index contributed by atoms with van der Waals surface area (Å²) in [6, 6.07) is 4.77. The van der Waals surface area contributed by atoms with Gasteiger partial charge in [-0.05, 0) is 31.4 Å². The monoisotopic (exact) mass is 357 g/mol. The maximum Gasteiger partial charge on any atom is 0.433 e. The molecule has 7 heteroatoms. The van der Waals surface area contributed by atoms with E-state index in [1.54, 1.807) is 6.07 Å². The summed E-state index contributed by atoms with van der Waals surface area (Å²) in [6.45, 7) is 2.20. The van der Waals surface area contributed by atoms with E-state index in [-0.39, 0.29) is 12.6 Å². The second-order valence-corrected chi connectivity index (χ2v) is 7.02. The summed E-state index contributed by atoms with van der Waals surface area (Å²) in [7, 11) is 0. The first-order valence-corrected chi connectivity index (χ1v) is 9.15. The van der Waals surface area contributed by atoms with Crippen LogP contribution in [0, 0.1) is 0 Å². The van der Waals surface area contributed by atoms with Crippen molar-refractivity contribution >= 4 is 5.82 Å². The van der Waals surface area contributed by atoms with E-state index in [4.69, 9.17) is 0 Å². The van der Waals surface area contributed by atoms with E-state index in [2.05, 4.69) is 9.88 Å². The summed E-state index contributed by atoms with van der Waals surface area (Å²) >= 11 is 0. The topological polar surface area (TPSA) is 39.6 Å². The van der Waals surface area contributed by atoms with E-state index in [0.29, 0.717) is 31.4 Å². The van der Waals surface area contributed by atoms with Crippen LogP contribution in [-0.2, 0) is 6.18 Å². The van der Waals surface area contributed by atoms with Crippen LogP contribution in [0.1, 0.15) is 44.2 Å². The van der Waals surface area contributed by atoms with Crippen molar-refractivity contribution in [3.63, 3.8) is 0 Å². The van der Waals surface area contributed by atoms with E-state index in [1.165, 1.54) is 38.2 Å². The molecule has 0 unspecified atom stereocenters. The molecule has 1 atom stereocenters. The van der Waals surface area contributed by atoms with Gasteiger partial charge in [0.15, 0.2) is 0 Å². The first-order chi connectivity index (χ1) is 12.0. The number of aliphatic hydroxyl groups excluding tert-OH is 1. The molecule has 1 saturated carbocycles. The Morgan fingerprint density at radius 3 is 2.56 bits per heavy atom. The maximum atomic E-state index is 12.9. The molecule has 3 rings (SSSR count). The van der Waals surface area contributed by atoms with Gasteiger partial charge >= 0.3 is 6.18 Å². The van der Waals surface area contributed by atoms with Crippen molar-refractivity contribution in [1.82, 2.24) is 9.88 Å². The van der Waals surface area contributed by atoms with Crippen LogP contribution in [0.25, 0.3) is 0 Å². The molecule has 0 bridgehead atoms. The highest BCUT2D eigenvalue weighted by atomic mass is 19.4. The minimum Gasteiger partial charge on any atom is -0.396 e. The first kappa shape index (κ1) is 18.5. The summed E-state index contributed by atoms with van der Waals surface area (Å²) in [6.07, 6.45) is 2.36. The van der Waals surface area contributed by atoms with Gasteiger partial charge in [0.1, 0.15) is 11.5 Å². The highest BCUT2D eigenvalue weighted by molar-refractivity contribution is 5.40. The molecule has 140 valence electrons. The van der Waals surface area contributed by atoms with Crippen LogP contribution in [0.5, 0.6) is 0 Å². The molecule has 1 aromatic rings. The largest absolute Gasteiger partial charge is 0.433 e. The third-order valence-electron chi connectivity index (χ3n) is 5.38. The van der Waals surface area contributed by atoms with Gasteiger partial charge in [-0.2, -0.15) is 13.2 Å². The fourth-order valence-electron chi connectivity index (χ4n) is 4.13. The molecule has 2 heterocycles. The number of piperazine rings is 1. The number of alkyl halides is 3. The molecule has 2 fully saturated rings. The highest BCUT2D eigenvalue weighted by Gasteiger charge is 2.35. The van der Waals surface area contributed by atoms with E-state index >= 15 is 0 Å². The molecular weight excluding hydrogens is 331 g/mol. The number of pyridine rings is 1. The van der Waals surface area contributed by atoms with Crippen LogP contribution in [-0.4, -0.2) is 53.3 Å². The van der Waals surface area contributed by atoms with Crippen LogP contribution in [0.4, 0.5) is 19.0 Å². The van der Waals surface area contributed by atoms with Gasteiger partial charge < -0.3 is 10.0 Å². The maximum absolute atomic E-state index is 12.9. The molecule has 1 saturated heterocycles. The van der Waals surface area contributed by atoms with Crippen LogP contribution in [0.2, 0.25) is 0 Å². The predicted molar refractivity (Wildman–Crippen MR) is 90.5 cm³/mol. The molecule has 0 spiro atoms. The Labute approximate surface area is 146 Å². The minimum absolute atomic E-state index is 0.0950. The lowest BCUT2D eigenvalue weighted by molar-refractivity contribution is -0.141. The smallest absolute Gasteiger partial charge is 0.396 e. The van der Waals surface area contributed by atoms with Crippen LogP contribution in [0.15, 0.2) is 18.2 Å². The standard InChI is InChI=1S/C18H26F3N3O/c19-18(20,21)16-7-4-8-17(22-16)23-10-11-24(15(13-23)9-12-25)14-5-2-1-3-6-14/h4,7-8,14-15,25H,1-3,5-6,9-13H2/t15-/m0/s1. The van der Waals surface area contributed by atoms with E-state index in [0.717, 1.165) is 12.6 Å². The minimum atomic E-state index is -4.43. The van der Waals surface area contributed by atoms with E-state index < -0.39 is 11.9 Å². The Kier molecular flexibility index (Phi) is 5.84. The van der Waals surface area contributed by atoms with Gasteiger partial charge in [0.25, 0.3) is 0 Å². The Hall–Kier alpha value is -1.34. The van der Waals surface area contributed by atoms with Crippen molar-refractivity contribution in [2.45, 2.75) is 56.8 Å². The Morgan fingerprint density at radius 2 is 1.88 bits per heavy atom. The SMILES string of the molecule is OCC[C@H]1CN(c2cccc(C(F)(F)F)n2)CCN1C1CCCCC1. The molecule has 25 heavy (non-hydrogen) atoms. The zero-order chi connectivity index (χ0) is 17.9. The summed E-state index contributed by atoms with van der Waals surface area (Å²) in [4.78, 5) is 8.22. The lowest BCUT2D eigenvalue weighted by Gasteiger charge is -2.46. The van der Waals surface area contributed by atoms with Gasteiger partial charge in [-0.25, -0.2) is 4.98 Å². The number of aliphatic hydroxyl groups is 1. The van der Waals surface area contributed by atoms with E-state index in [9.17, 15) is 18.3 Å². The zero-order valence-corrected chi connectivity index (χ0v) is 14.4. The average molecular weight is 357 g/mol. The molecule has 1 aromatic heterocycles. The Bertz CT molecular complexity index is 561. The Morgan fingerprint density at radius 1 is 1.12 bits per heavy atom. The molecule has 4 nitrogen and oxygen atoms in total. The number of aromatic nitrogens is 1. The van der Waals surface area contributed by atoms with Crippen molar-refractivity contribution in [3.05, 3.63) is 23.9 Å². The van der Waals surface area contributed by atoms with Gasteiger partial charge in [-0.15, -0.1) is 0 Å². The number of anilines is 1. The third kappa shape index (κ3) is 4.44. The second kappa shape index (κ2) is 7.91. The summed E-state index contributed by atoms with van der Waals surface area (Å²) in [5.41, 5.74) is -0.849. The number of nitrogens with zero attached hydrogens (tertiary/aromatic N) is 3. The molecule has 1 aliphatic carbocycles. The lowest BCUT2D eigenvalue weighted by Crippen LogP contribution is -2.57. The molecular formula is C18H26F3N3O. The first-order valence-electron chi connectivity index (χ1n) is 9.15. The van der Waals surface area contributed by atoms with Gasteiger partial charge in [-0.3, -0.25) is 4.90 Å². The predicted octanol–water partition coefficient (Wildman–Crippen LogP) is 3.31. The van der Waals surface area contributed by atoms with Crippen molar-refractivity contribution < 1.29 is 18.3 Å². The van der Waals surface area contributed by atoms with Gasteiger partial charge in [-0.1, -0.05) is 25.3 Å². The molecule has 2 aliphatic rings. The van der Waals surface area contributed by atoms with Crippen LogP contribution >= 0.6 is 0 Å². The van der Waals surface area contributed by atoms with Crippen molar-refractivity contribution in [1.29, 1.82) is 0 Å². The lowest BCUT2D eigenvalue weighted by atomic mass is 9.92. The van der Waals surface area contributed by atoms with Gasteiger partial charge in [0.05, 0.1) is 0 Å². The molecule has 0 amide bonds. The third-order valence-corrected chi connectivity index (χ3v) is 5.38. The molecule has 1 aliphatic heterocycles. The molecule has 0 radical (unpaired) electrons. The second-order valence-electron chi connectivity index (χ2n) is 7.02. The van der Waals surface area contributed by atoms with Gasteiger partial charge in [0.2, 0.25) is 0 Å². The Balaban J connectivity index is 1.73. The zero-order valence-electron chi connectivity index (χ0n) is 14.4. The fraction of sp³-hybridized carbons (Fsp3) is 0.722. The summed E-state index contributed by atoms with van der Waals surface area (Å²) < 4.78 is 38.7. The summed E-state index contributed by atoms with van der Waals surface area (Å²) in [5.74, 6) is 0.376. The van der Waals surface area contributed by atoms with Crippen molar-refractivity contribution in [2.75, 3.05) is 31.1 Å².